The van der Waals surface area contributed by atoms with E-state index >= 15 is 0 Å². The Bertz CT molecular complexity index is 3120. The lowest BCUT2D eigenvalue weighted by Gasteiger charge is -2.32. The minimum Gasteiger partial charge on any atom is -0.310 e. The maximum absolute atomic E-state index is 2.49. The third-order valence-electron chi connectivity index (χ3n) is 12.1. The fourth-order valence-electron chi connectivity index (χ4n) is 9.29. The summed E-state index contributed by atoms with van der Waals surface area (Å²) < 4.78 is 0. The van der Waals surface area contributed by atoms with E-state index in [1.807, 2.05) is 11.8 Å². The standard InChI is InChI=1S/C57H41NS/c1-4-16-39(17-5-1)34-45-36-44-30-33-47(38-52(44)57-56(45)53(35-40-18-6-2-7-19-40)51-26-14-15-27-55(51)59-57)58(46-31-28-42(29-32-46)41-20-8-3-9-21-41)54-37-43-22-10-11-23-48(43)49-24-12-13-25-50(49)54/h1-33,36-38,53H,34-35H2. The summed E-state index contributed by atoms with van der Waals surface area (Å²) in [6.45, 7) is 0. The summed E-state index contributed by atoms with van der Waals surface area (Å²) in [5, 5.41) is 7.54. The fourth-order valence-corrected chi connectivity index (χ4v) is 10.6. The Balaban J connectivity index is 1.15. The van der Waals surface area contributed by atoms with Crippen molar-refractivity contribution in [1.29, 1.82) is 0 Å². The highest BCUT2D eigenvalue weighted by Gasteiger charge is 2.31. The van der Waals surface area contributed by atoms with Crippen LogP contribution in [-0.2, 0) is 12.8 Å². The van der Waals surface area contributed by atoms with Crippen LogP contribution in [0, 0.1) is 0 Å². The van der Waals surface area contributed by atoms with Gasteiger partial charge in [-0.25, -0.2) is 0 Å². The number of nitrogens with zero attached hydrogens (tertiary/aromatic N) is 1. The zero-order valence-electron chi connectivity index (χ0n) is 32.6. The van der Waals surface area contributed by atoms with E-state index < -0.39 is 0 Å². The maximum atomic E-state index is 2.49. The molecule has 1 aliphatic rings. The van der Waals surface area contributed by atoms with Gasteiger partial charge < -0.3 is 4.90 Å². The van der Waals surface area contributed by atoms with Gasteiger partial charge in [0.25, 0.3) is 0 Å². The molecule has 1 atom stereocenters. The number of fused-ring (bicyclic) bond motifs is 7. The Hall–Kier alpha value is -6.87. The zero-order chi connectivity index (χ0) is 39.1. The molecular formula is C57H41NS. The zero-order valence-corrected chi connectivity index (χ0v) is 33.4. The molecule has 0 spiro atoms. The van der Waals surface area contributed by atoms with Crippen LogP contribution in [0.25, 0.3) is 43.4 Å². The van der Waals surface area contributed by atoms with Crippen molar-refractivity contribution in [1.82, 2.24) is 0 Å². The molecule has 0 saturated carbocycles. The molecule has 0 fully saturated rings. The van der Waals surface area contributed by atoms with Gasteiger partial charge in [0, 0.05) is 32.5 Å². The second-order valence-electron chi connectivity index (χ2n) is 15.6. The molecule has 0 aliphatic carbocycles. The van der Waals surface area contributed by atoms with Crippen molar-refractivity contribution in [3.8, 4) is 11.1 Å². The average Bonchev–Trinajstić information content (AvgIpc) is 3.30. The van der Waals surface area contributed by atoms with Crippen LogP contribution < -0.4 is 4.90 Å². The maximum Gasteiger partial charge on any atom is 0.0546 e. The molecule has 0 radical (unpaired) electrons. The van der Waals surface area contributed by atoms with Gasteiger partial charge in [-0.2, -0.15) is 0 Å². The number of rotatable bonds is 8. The lowest BCUT2D eigenvalue weighted by molar-refractivity contribution is 0.754. The first-order valence-corrected chi connectivity index (χ1v) is 21.4. The van der Waals surface area contributed by atoms with Crippen LogP contribution in [0.1, 0.15) is 33.7 Å². The molecule has 1 heterocycles. The second-order valence-corrected chi connectivity index (χ2v) is 16.7. The molecular weight excluding hydrogens is 731 g/mol. The molecule has 59 heavy (non-hydrogen) atoms. The smallest absolute Gasteiger partial charge is 0.0546 e. The molecule has 10 aromatic carbocycles. The molecule has 0 bridgehead atoms. The molecule has 1 aliphatic heterocycles. The predicted molar refractivity (Wildman–Crippen MR) is 251 cm³/mol. The molecule has 2 heteroatoms. The minimum absolute atomic E-state index is 0.225. The van der Waals surface area contributed by atoms with Gasteiger partial charge in [0.05, 0.1) is 5.69 Å². The van der Waals surface area contributed by atoms with Crippen LogP contribution in [-0.4, -0.2) is 0 Å². The SMILES string of the molecule is c1ccc(Cc2cc3ccc(N(c4ccc(-c5ccccc5)cc4)c4cc5ccccc5c5ccccc45)cc3c3c2C(Cc2ccccc2)c2ccccc2S3)cc1. The van der Waals surface area contributed by atoms with Gasteiger partial charge in [0.2, 0.25) is 0 Å². The number of benzene rings is 10. The van der Waals surface area contributed by atoms with E-state index in [-0.39, 0.29) is 5.92 Å². The summed E-state index contributed by atoms with van der Waals surface area (Å²) in [5.74, 6) is 0.225. The Morgan fingerprint density at radius 2 is 1.02 bits per heavy atom. The largest absolute Gasteiger partial charge is 0.310 e. The monoisotopic (exact) mass is 771 g/mol. The average molecular weight is 772 g/mol. The Labute approximate surface area is 350 Å². The van der Waals surface area contributed by atoms with Gasteiger partial charge in [0.15, 0.2) is 0 Å². The molecule has 0 saturated heterocycles. The van der Waals surface area contributed by atoms with Crippen molar-refractivity contribution in [2.45, 2.75) is 28.6 Å². The van der Waals surface area contributed by atoms with Crippen molar-refractivity contribution >= 4 is 61.1 Å². The van der Waals surface area contributed by atoms with E-state index in [9.17, 15) is 0 Å². The van der Waals surface area contributed by atoms with Gasteiger partial charge in [-0.05, 0) is 115 Å². The molecule has 10 aromatic rings. The third-order valence-corrected chi connectivity index (χ3v) is 13.3. The second kappa shape index (κ2) is 15.1. The van der Waals surface area contributed by atoms with Gasteiger partial charge in [-0.1, -0.05) is 194 Å². The number of hydrogen-bond acceptors (Lipinski definition) is 2. The summed E-state index contributed by atoms with van der Waals surface area (Å²) in [7, 11) is 0. The van der Waals surface area contributed by atoms with E-state index in [0.29, 0.717) is 0 Å². The van der Waals surface area contributed by atoms with E-state index in [4.69, 9.17) is 0 Å². The molecule has 0 amide bonds. The molecule has 1 unspecified atom stereocenters. The van der Waals surface area contributed by atoms with E-state index in [1.165, 1.54) is 86.7 Å². The van der Waals surface area contributed by atoms with Crippen LogP contribution >= 0.6 is 11.8 Å². The summed E-state index contributed by atoms with van der Waals surface area (Å²) in [4.78, 5) is 5.20. The van der Waals surface area contributed by atoms with Gasteiger partial charge in [0.1, 0.15) is 0 Å². The van der Waals surface area contributed by atoms with Crippen molar-refractivity contribution in [2.75, 3.05) is 4.90 Å². The Morgan fingerprint density at radius 3 is 1.80 bits per heavy atom. The Kier molecular flexibility index (Phi) is 9.06. The lowest BCUT2D eigenvalue weighted by atomic mass is 9.80. The first-order chi connectivity index (χ1) is 29.2. The van der Waals surface area contributed by atoms with Gasteiger partial charge in [-0.15, -0.1) is 0 Å². The summed E-state index contributed by atoms with van der Waals surface area (Å²) in [5.41, 5.74) is 12.8. The van der Waals surface area contributed by atoms with Crippen molar-refractivity contribution in [3.05, 3.63) is 246 Å². The molecule has 1 nitrogen and oxygen atoms in total. The molecule has 11 rings (SSSR count). The predicted octanol–water partition coefficient (Wildman–Crippen LogP) is 15.7. The highest BCUT2D eigenvalue weighted by Crippen LogP contribution is 2.53. The number of anilines is 3. The summed E-state index contributed by atoms with van der Waals surface area (Å²) in [6.07, 6.45) is 1.83. The normalized spacial score (nSPS) is 13.3. The highest BCUT2D eigenvalue weighted by molar-refractivity contribution is 7.99. The first-order valence-electron chi connectivity index (χ1n) is 20.6. The molecule has 0 N–H and O–H groups in total. The molecule has 0 aromatic heterocycles. The number of hydrogen-bond donors (Lipinski definition) is 0. The van der Waals surface area contributed by atoms with Crippen molar-refractivity contribution in [3.63, 3.8) is 0 Å². The molecule has 280 valence electrons. The van der Waals surface area contributed by atoms with Crippen molar-refractivity contribution < 1.29 is 0 Å². The lowest BCUT2D eigenvalue weighted by Crippen LogP contribution is -2.15. The first kappa shape index (κ1) is 35.3. The summed E-state index contributed by atoms with van der Waals surface area (Å²) >= 11 is 1.95. The third kappa shape index (κ3) is 6.56. The Morgan fingerprint density at radius 1 is 0.424 bits per heavy atom. The van der Waals surface area contributed by atoms with Gasteiger partial charge in [-0.3, -0.25) is 0 Å². The van der Waals surface area contributed by atoms with Crippen LogP contribution in [0.5, 0.6) is 0 Å². The quantitative estimate of drug-likeness (QED) is 0.142. The van der Waals surface area contributed by atoms with Crippen LogP contribution in [0.2, 0.25) is 0 Å². The van der Waals surface area contributed by atoms with E-state index in [1.54, 1.807) is 0 Å². The summed E-state index contributed by atoms with van der Waals surface area (Å²) in [6, 6.07) is 80.6. The van der Waals surface area contributed by atoms with Crippen LogP contribution in [0.3, 0.4) is 0 Å². The van der Waals surface area contributed by atoms with E-state index in [2.05, 4.69) is 223 Å². The van der Waals surface area contributed by atoms with Crippen molar-refractivity contribution in [2.24, 2.45) is 0 Å². The van der Waals surface area contributed by atoms with E-state index in [0.717, 1.165) is 24.2 Å². The topological polar surface area (TPSA) is 3.24 Å². The minimum atomic E-state index is 0.225. The van der Waals surface area contributed by atoms with Crippen LogP contribution in [0.15, 0.2) is 228 Å². The highest BCUT2D eigenvalue weighted by atomic mass is 32.2. The fraction of sp³-hybridized carbons (Fsp3) is 0.0526. The van der Waals surface area contributed by atoms with Crippen LogP contribution in [0.4, 0.5) is 17.1 Å². The van der Waals surface area contributed by atoms with Gasteiger partial charge >= 0.3 is 0 Å².